The van der Waals surface area contributed by atoms with E-state index in [9.17, 15) is 13.2 Å². The summed E-state index contributed by atoms with van der Waals surface area (Å²) < 4.78 is 44.8. The maximum absolute atomic E-state index is 13.0. The van der Waals surface area contributed by atoms with Gasteiger partial charge in [0.15, 0.2) is 5.96 Å². The minimum absolute atomic E-state index is 0.0995. The highest BCUT2D eigenvalue weighted by Crippen LogP contribution is 2.37. The summed E-state index contributed by atoms with van der Waals surface area (Å²) in [6, 6.07) is 3.53. The predicted molar refractivity (Wildman–Crippen MR) is 102 cm³/mol. The van der Waals surface area contributed by atoms with Gasteiger partial charge in [-0.2, -0.15) is 13.2 Å². The molecule has 1 aromatic heterocycles. The highest BCUT2D eigenvalue weighted by atomic mass is 19.4. The molecule has 0 aromatic carbocycles. The van der Waals surface area contributed by atoms with Gasteiger partial charge < -0.3 is 15.4 Å². The van der Waals surface area contributed by atoms with Crippen molar-refractivity contribution in [3.63, 3.8) is 0 Å². The number of rotatable bonds is 7. The number of halogens is 3. The van der Waals surface area contributed by atoms with Crippen molar-refractivity contribution in [2.24, 2.45) is 16.8 Å². The van der Waals surface area contributed by atoms with Gasteiger partial charge in [0.2, 0.25) is 5.88 Å². The van der Waals surface area contributed by atoms with Gasteiger partial charge in [0.25, 0.3) is 0 Å². The van der Waals surface area contributed by atoms with E-state index in [0.717, 1.165) is 12.0 Å². The molecule has 2 atom stereocenters. The first-order chi connectivity index (χ1) is 13.4. The number of aromatic nitrogens is 1. The molecular weight excluding hydrogens is 369 g/mol. The quantitative estimate of drug-likeness (QED) is 0.538. The van der Waals surface area contributed by atoms with E-state index in [0.29, 0.717) is 43.9 Å². The Morgan fingerprint density at radius 2 is 2.11 bits per heavy atom. The third-order valence-electron chi connectivity index (χ3n) is 5.21. The Hall–Kier alpha value is -1.99. The van der Waals surface area contributed by atoms with Crippen molar-refractivity contribution in [3.8, 4) is 5.88 Å². The van der Waals surface area contributed by atoms with Gasteiger partial charge in [-0.1, -0.05) is 6.42 Å². The number of pyridine rings is 1. The van der Waals surface area contributed by atoms with Crippen LogP contribution >= 0.6 is 0 Å². The van der Waals surface area contributed by atoms with Crippen LogP contribution in [0.15, 0.2) is 23.3 Å². The fourth-order valence-electron chi connectivity index (χ4n) is 3.42. The van der Waals surface area contributed by atoms with Gasteiger partial charge in [0.1, 0.15) is 0 Å². The molecule has 0 spiro atoms. The van der Waals surface area contributed by atoms with Gasteiger partial charge in [-0.15, -0.1) is 0 Å². The zero-order chi connectivity index (χ0) is 20.0. The third-order valence-corrected chi connectivity index (χ3v) is 5.21. The van der Waals surface area contributed by atoms with Gasteiger partial charge in [-0.3, -0.25) is 0 Å². The topological polar surface area (TPSA) is 58.5 Å². The summed E-state index contributed by atoms with van der Waals surface area (Å²) in [7, 11) is 0. The molecule has 1 heterocycles. The molecule has 2 aliphatic rings. The van der Waals surface area contributed by atoms with E-state index in [1.54, 1.807) is 6.20 Å². The zero-order valence-electron chi connectivity index (χ0n) is 16.3. The van der Waals surface area contributed by atoms with E-state index in [1.165, 1.54) is 12.8 Å². The van der Waals surface area contributed by atoms with Crippen LogP contribution in [-0.2, 0) is 6.54 Å². The van der Waals surface area contributed by atoms with Crippen molar-refractivity contribution < 1.29 is 17.9 Å². The molecule has 5 nitrogen and oxygen atoms in total. The van der Waals surface area contributed by atoms with Gasteiger partial charge in [0, 0.05) is 24.8 Å². The maximum Gasteiger partial charge on any atom is 0.391 e. The smallest absolute Gasteiger partial charge is 0.391 e. The lowest BCUT2D eigenvalue weighted by atomic mass is 9.85. The van der Waals surface area contributed by atoms with Crippen molar-refractivity contribution in [2.45, 2.75) is 64.2 Å². The Bertz CT molecular complexity index is 661. The maximum atomic E-state index is 13.0. The predicted octanol–water partition coefficient (Wildman–Crippen LogP) is 4.05. The number of hydrogen-bond acceptors (Lipinski definition) is 3. The minimum atomic E-state index is -4.12. The molecule has 0 amide bonds. The molecule has 2 unspecified atom stereocenters. The summed E-state index contributed by atoms with van der Waals surface area (Å²) in [6.45, 7) is 3.69. The Balaban J connectivity index is 1.56. The molecule has 2 fully saturated rings. The SMILES string of the molecule is CCNC(=NCc1ccnc(OCC2CC2)c1)NC1CCCC(C(F)(F)F)C1. The monoisotopic (exact) mass is 398 g/mol. The number of aliphatic imine (C=N–C) groups is 1. The van der Waals surface area contributed by atoms with Crippen LogP contribution in [0.4, 0.5) is 13.2 Å². The second-order valence-electron chi connectivity index (χ2n) is 7.70. The highest BCUT2D eigenvalue weighted by Gasteiger charge is 2.42. The van der Waals surface area contributed by atoms with E-state index < -0.39 is 12.1 Å². The molecule has 2 N–H and O–H groups in total. The second kappa shape index (κ2) is 9.47. The molecule has 8 heteroatoms. The Morgan fingerprint density at radius 3 is 2.82 bits per heavy atom. The first-order valence-corrected chi connectivity index (χ1v) is 10.1. The summed E-state index contributed by atoms with van der Waals surface area (Å²) in [6.07, 6.45) is 1.64. The Labute approximate surface area is 164 Å². The average molecular weight is 398 g/mol. The molecule has 156 valence electrons. The van der Waals surface area contributed by atoms with Crippen molar-refractivity contribution in [1.29, 1.82) is 0 Å². The van der Waals surface area contributed by atoms with Crippen molar-refractivity contribution in [1.82, 2.24) is 15.6 Å². The normalized spacial score (nSPS) is 23.4. The molecule has 0 saturated heterocycles. The fraction of sp³-hybridized carbons (Fsp3) is 0.700. The van der Waals surface area contributed by atoms with Gasteiger partial charge in [0.05, 0.1) is 19.1 Å². The van der Waals surface area contributed by atoms with Crippen LogP contribution in [0.2, 0.25) is 0 Å². The standard InChI is InChI=1S/C20H29F3N4O/c1-2-24-19(27-17-5-3-4-16(11-17)20(21,22)23)26-12-15-8-9-25-18(10-15)28-13-14-6-7-14/h8-10,14,16-17H,2-7,11-13H2,1H3,(H2,24,26,27). The van der Waals surface area contributed by atoms with Crippen LogP contribution in [0.5, 0.6) is 5.88 Å². The summed E-state index contributed by atoms with van der Waals surface area (Å²) in [5.41, 5.74) is 0.954. The van der Waals surface area contributed by atoms with E-state index in [2.05, 4.69) is 20.6 Å². The minimum Gasteiger partial charge on any atom is -0.477 e. The number of nitrogens with one attached hydrogen (secondary N) is 2. The number of alkyl halides is 3. The number of hydrogen-bond donors (Lipinski definition) is 2. The van der Waals surface area contributed by atoms with E-state index >= 15 is 0 Å². The molecular formula is C20H29F3N4O. The van der Waals surface area contributed by atoms with Crippen molar-refractivity contribution in [3.05, 3.63) is 23.9 Å². The Kier molecular flexibility index (Phi) is 7.02. The number of guanidine groups is 1. The van der Waals surface area contributed by atoms with Crippen LogP contribution in [0, 0.1) is 11.8 Å². The fourth-order valence-corrected chi connectivity index (χ4v) is 3.42. The molecule has 2 aliphatic carbocycles. The molecule has 0 bridgehead atoms. The number of nitrogens with zero attached hydrogens (tertiary/aromatic N) is 2. The van der Waals surface area contributed by atoms with E-state index in [1.807, 2.05) is 19.1 Å². The van der Waals surface area contributed by atoms with Crippen LogP contribution in [0.25, 0.3) is 0 Å². The molecule has 1 aromatic rings. The van der Waals surface area contributed by atoms with Crippen molar-refractivity contribution >= 4 is 5.96 Å². The summed E-state index contributed by atoms with van der Waals surface area (Å²) in [4.78, 5) is 8.76. The first-order valence-electron chi connectivity index (χ1n) is 10.1. The molecule has 0 aliphatic heterocycles. The average Bonchev–Trinajstić information content (AvgIpc) is 3.49. The summed E-state index contributed by atoms with van der Waals surface area (Å²) in [5.74, 6) is 0.572. The van der Waals surface area contributed by atoms with Gasteiger partial charge >= 0.3 is 6.18 Å². The zero-order valence-corrected chi connectivity index (χ0v) is 16.3. The van der Waals surface area contributed by atoms with Crippen molar-refractivity contribution in [2.75, 3.05) is 13.2 Å². The van der Waals surface area contributed by atoms with E-state index in [4.69, 9.17) is 4.74 Å². The van der Waals surface area contributed by atoms with Gasteiger partial charge in [-0.05, 0) is 56.6 Å². The molecule has 3 rings (SSSR count). The summed E-state index contributed by atoms with van der Waals surface area (Å²) >= 11 is 0. The molecule has 0 radical (unpaired) electrons. The first kappa shape index (κ1) is 20.7. The largest absolute Gasteiger partial charge is 0.477 e. The van der Waals surface area contributed by atoms with E-state index in [-0.39, 0.29) is 18.9 Å². The Morgan fingerprint density at radius 1 is 1.29 bits per heavy atom. The van der Waals surface area contributed by atoms with Crippen LogP contribution < -0.4 is 15.4 Å². The van der Waals surface area contributed by atoms with Crippen LogP contribution in [-0.4, -0.2) is 36.3 Å². The molecule has 2 saturated carbocycles. The third kappa shape index (κ3) is 6.56. The number of ether oxygens (including phenoxy) is 1. The lowest BCUT2D eigenvalue weighted by Crippen LogP contribution is -2.46. The van der Waals surface area contributed by atoms with Gasteiger partial charge in [-0.25, -0.2) is 9.98 Å². The highest BCUT2D eigenvalue weighted by molar-refractivity contribution is 5.80. The van der Waals surface area contributed by atoms with Crippen LogP contribution in [0.1, 0.15) is 51.0 Å². The molecule has 28 heavy (non-hydrogen) atoms. The lowest BCUT2D eigenvalue weighted by Gasteiger charge is -2.31. The second-order valence-corrected chi connectivity index (χ2v) is 7.70. The summed E-state index contributed by atoms with van der Waals surface area (Å²) in [5, 5.41) is 6.31. The van der Waals surface area contributed by atoms with Crippen LogP contribution in [0.3, 0.4) is 0 Å². The lowest BCUT2D eigenvalue weighted by molar-refractivity contribution is -0.183.